The van der Waals surface area contributed by atoms with Gasteiger partial charge >= 0.3 is 0 Å². The average molecular weight is 335 g/mol. The van der Waals surface area contributed by atoms with Crippen molar-refractivity contribution in [1.82, 2.24) is 14.6 Å². The number of fused-ring (bicyclic) bond motifs is 1. The number of amides is 1. The van der Waals surface area contributed by atoms with E-state index in [2.05, 4.69) is 15.4 Å². The highest BCUT2D eigenvalue weighted by molar-refractivity contribution is 6.30. The number of hydrogen-bond donors (Lipinski definition) is 1. The minimum atomic E-state index is -0.515. The fourth-order valence-corrected chi connectivity index (χ4v) is 2.24. The van der Waals surface area contributed by atoms with Gasteiger partial charge in [-0.05, 0) is 29.8 Å². The number of benzene rings is 1. The largest absolute Gasteiger partial charge is 0.494 e. The Morgan fingerprint density at radius 1 is 1.39 bits per heavy atom. The molecule has 1 N–H and O–H groups in total. The minimum absolute atomic E-state index is 0.00276. The SMILES string of the molecule is COc1ccc(CC(=O)Nc2nc3ccc(Cl)cn3n2)cc1F. The summed E-state index contributed by atoms with van der Waals surface area (Å²) in [6, 6.07) is 7.72. The van der Waals surface area contributed by atoms with Crippen LogP contribution in [0.15, 0.2) is 36.5 Å². The first-order chi connectivity index (χ1) is 11.0. The molecule has 0 radical (unpaired) electrons. The summed E-state index contributed by atoms with van der Waals surface area (Å²) in [6.45, 7) is 0. The first kappa shape index (κ1) is 15.2. The Bertz CT molecular complexity index is 881. The highest BCUT2D eigenvalue weighted by Gasteiger charge is 2.11. The number of carbonyl (C=O) groups excluding carboxylic acids is 1. The summed E-state index contributed by atoms with van der Waals surface area (Å²) in [5, 5.41) is 7.17. The van der Waals surface area contributed by atoms with Crippen LogP contribution in [0.2, 0.25) is 5.02 Å². The van der Waals surface area contributed by atoms with Gasteiger partial charge in [0.1, 0.15) is 0 Å². The number of carbonyl (C=O) groups is 1. The number of nitrogens with zero attached hydrogens (tertiary/aromatic N) is 3. The van der Waals surface area contributed by atoms with Gasteiger partial charge in [-0.1, -0.05) is 17.7 Å². The molecule has 23 heavy (non-hydrogen) atoms. The molecule has 0 spiro atoms. The highest BCUT2D eigenvalue weighted by atomic mass is 35.5. The molecule has 0 atom stereocenters. The van der Waals surface area contributed by atoms with E-state index < -0.39 is 5.82 Å². The molecule has 8 heteroatoms. The zero-order chi connectivity index (χ0) is 16.4. The Balaban J connectivity index is 1.71. The Morgan fingerprint density at radius 3 is 2.96 bits per heavy atom. The number of aromatic nitrogens is 3. The lowest BCUT2D eigenvalue weighted by atomic mass is 10.1. The number of nitrogens with one attached hydrogen (secondary N) is 1. The van der Waals surface area contributed by atoms with E-state index in [1.165, 1.54) is 23.8 Å². The number of anilines is 1. The molecule has 0 saturated heterocycles. The van der Waals surface area contributed by atoms with Gasteiger partial charge in [-0.3, -0.25) is 10.1 Å². The van der Waals surface area contributed by atoms with Gasteiger partial charge in [0, 0.05) is 6.20 Å². The summed E-state index contributed by atoms with van der Waals surface area (Å²) < 4.78 is 19.9. The summed E-state index contributed by atoms with van der Waals surface area (Å²) in [7, 11) is 1.38. The van der Waals surface area contributed by atoms with Gasteiger partial charge in [-0.2, -0.15) is 4.98 Å². The van der Waals surface area contributed by atoms with Crippen LogP contribution in [-0.4, -0.2) is 27.6 Å². The zero-order valence-corrected chi connectivity index (χ0v) is 12.8. The summed E-state index contributed by atoms with van der Waals surface area (Å²) in [5.41, 5.74) is 1.08. The van der Waals surface area contributed by atoms with E-state index in [1.807, 2.05) is 0 Å². The first-order valence-corrected chi connectivity index (χ1v) is 7.07. The third-order valence-electron chi connectivity index (χ3n) is 3.13. The number of rotatable bonds is 4. The van der Waals surface area contributed by atoms with Crippen molar-refractivity contribution in [3.05, 3.63) is 52.9 Å². The topological polar surface area (TPSA) is 68.5 Å². The predicted molar refractivity (Wildman–Crippen MR) is 83.3 cm³/mol. The molecular weight excluding hydrogens is 323 g/mol. The molecule has 0 aliphatic heterocycles. The molecule has 118 valence electrons. The molecule has 1 amide bonds. The molecule has 2 heterocycles. The molecular formula is C15H12ClFN4O2. The fraction of sp³-hybridized carbons (Fsp3) is 0.133. The zero-order valence-electron chi connectivity index (χ0n) is 12.1. The van der Waals surface area contributed by atoms with Gasteiger partial charge in [0.15, 0.2) is 17.2 Å². The van der Waals surface area contributed by atoms with Gasteiger partial charge in [-0.15, -0.1) is 5.10 Å². The van der Waals surface area contributed by atoms with Crippen molar-refractivity contribution in [3.8, 4) is 5.75 Å². The minimum Gasteiger partial charge on any atom is -0.494 e. The quantitative estimate of drug-likeness (QED) is 0.796. The van der Waals surface area contributed by atoms with Crippen LogP contribution >= 0.6 is 11.6 Å². The van der Waals surface area contributed by atoms with Crippen molar-refractivity contribution < 1.29 is 13.9 Å². The van der Waals surface area contributed by atoms with Crippen LogP contribution < -0.4 is 10.1 Å². The van der Waals surface area contributed by atoms with Gasteiger partial charge in [-0.25, -0.2) is 8.91 Å². The smallest absolute Gasteiger partial charge is 0.249 e. The molecule has 1 aromatic carbocycles. The molecule has 2 aromatic heterocycles. The van der Waals surface area contributed by atoms with Crippen LogP contribution in [0.25, 0.3) is 5.65 Å². The summed E-state index contributed by atoms with van der Waals surface area (Å²) >= 11 is 5.86. The normalized spacial score (nSPS) is 10.7. The highest BCUT2D eigenvalue weighted by Crippen LogP contribution is 2.18. The summed E-state index contributed by atoms with van der Waals surface area (Å²) in [5.74, 6) is -0.575. The van der Waals surface area contributed by atoms with Crippen LogP contribution in [0.3, 0.4) is 0 Å². The Hall–Kier alpha value is -2.67. The lowest BCUT2D eigenvalue weighted by Crippen LogP contribution is -2.15. The standard InChI is InChI=1S/C15H12ClFN4O2/c1-23-12-4-2-9(6-11(12)17)7-14(22)19-15-18-13-5-3-10(16)8-21(13)20-15/h2-6,8H,7H2,1H3,(H,19,20,22). The molecule has 0 aliphatic carbocycles. The fourth-order valence-electron chi connectivity index (χ4n) is 2.09. The molecule has 6 nitrogen and oxygen atoms in total. The number of halogens is 2. The van der Waals surface area contributed by atoms with Crippen molar-refractivity contribution in [2.75, 3.05) is 12.4 Å². The van der Waals surface area contributed by atoms with Crippen LogP contribution in [0.5, 0.6) is 5.75 Å². The van der Waals surface area contributed by atoms with Crippen molar-refractivity contribution >= 4 is 29.1 Å². The van der Waals surface area contributed by atoms with E-state index in [-0.39, 0.29) is 24.0 Å². The predicted octanol–water partition coefficient (Wildman–Crippen LogP) is 2.71. The third-order valence-corrected chi connectivity index (χ3v) is 3.35. The molecule has 0 unspecified atom stereocenters. The maximum Gasteiger partial charge on any atom is 0.249 e. The lowest BCUT2D eigenvalue weighted by Gasteiger charge is -2.05. The molecule has 0 saturated carbocycles. The summed E-state index contributed by atoms with van der Waals surface area (Å²) in [6.07, 6.45) is 1.58. The molecule has 0 fully saturated rings. The lowest BCUT2D eigenvalue weighted by molar-refractivity contribution is -0.115. The average Bonchev–Trinajstić information content (AvgIpc) is 2.88. The van der Waals surface area contributed by atoms with Crippen molar-refractivity contribution in [2.45, 2.75) is 6.42 Å². The number of methoxy groups -OCH3 is 1. The Kier molecular flexibility index (Phi) is 4.12. The maximum absolute atomic E-state index is 13.6. The second-order valence-corrected chi connectivity index (χ2v) is 5.22. The molecule has 0 aliphatic rings. The third kappa shape index (κ3) is 3.40. The van der Waals surface area contributed by atoms with E-state index in [1.54, 1.807) is 24.4 Å². The second kappa shape index (κ2) is 6.21. The summed E-state index contributed by atoms with van der Waals surface area (Å²) in [4.78, 5) is 16.2. The monoisotopic (exact) mass is 334 g/mol. The van der Waals surface area contributed by atoms with E-state index in [9.17, 15) is 9.18 Å². The number of ether oxygens (including phenoxy) is 1. The van der Waals surface area contributed by atoms with Crippen molar-refractivity contribution in [1.29, 1.82) is 0 Å². The van der Waals surface area contributed by atoms with Crippen molar-refractivity contribution in [3.63, 3.8) is 0 Å². The number of pyridine rings is 1. The second-order valence-electron chi connectivity index (χ2n) is 4.78. The maximum atomic E-state index is 13.6. The van der Waals surface area contributed by atoms with Crippen LogP contribution in [-0.2, 0) is 11.2 Å². The Morgan fingerprint density at radius 2 is 2.22 bits per heavy atom. The van der Waals surface area contributed by atoms with E-state index in [0.717, 1.165) is 0 Å². The van der Waals surface area contributed by atoms with E-state index in [4.69, 9.17) is 16.3 Å². The Labute approximate surface area is 135 Å². The molecule has 3 aromatic rings. The van der Waals surface area contributed by atoms with Crippen LogP contribution in [0.4, 0.5) is 10.3 Å². The molecule has 3 rings (SSSR count). The van der Waals surface area contributed by atoms with Crippen LogP contribution in [0, 0.1) is 5.82 Å². The van der Waals surface area contributed by atoms with E-state index in [0.29, 0.717) is 16.2 Å². The van der Waals surface area contributed by atoms with Gasteiger partial charge in [0.2, 0.25) is 11.9 Å². The number of hydrogen-bond acceptors (Lipinski definition) is 4. The van der Waals surface area contributed by atoms with Gasteiger partial charge < -0.3 is 4.74 Å². The van der Waals surface area contributed by atoms with Gasteiger partial charge in [0.25, 0.3) is 0 Å². The van der Waals surface area contributed by atoms with E-state index >= 15 is 0 Å². The van der Waals surface area contributed by atoms with Gasteiger partial charge in [0.05, 0.1) is 18.6 Å². The van der Waals surface area contributed by atoms with Crippen LogP contribution in [0.1, 0.15) is 5.56 Å². The molecule has 0 bridgehead atoms. The van der Waals surface area contributed by atoms with Crippen molar-refractivity contribution in [2.24, 2.45) is 0 Å². The first-order valence-electron chi connectivity index (χ1n) is 6.69.